The van der Waals surface area contributed by atoms with Crippen molar-refractivity contribution < 1.29 is 14.5 Å². The highest BCUT2D eigenvalue weighted by Crippen LogP contribution is 2.22. The third-order valence-electron chi connectivity index (χ3n) is 5.17. The zero-order valence-electron chi connectivity index (χ0n) is 18.0. The molecule has 0 aliphatic heterocycles. The van der Waals surface area contributed by atoms with Gasteiger partial charge in [-0.15, -0.1) is 0 Å². The highest BCUT2D eigenvalue weighted by Gasteiger charge is 2.11. The maximum Gasteiger partial charge on any atom is 0.269 e. The Morgan fingerprint density at radius 3 is 2.38 bits per heavy atom. The molecular formula is C27H19N3O4. The first-order valence-electron chi connectivity index (χ1n) is 10.4. The van der Waals surface area contributed by atoms with Gasteiger partial charge < -0.3 is 10.1 Å². The van der Waals surface area contributed by atoms with Crippen LogP contribution in [0.1, 0.15) is 11.1 Å². The van der Waals surface area contributed by atoms with Gasteiger partial charge in [-0.25, -0.2) is 0 Å². The molecule has 0 radical (unpaired) electrons. The van der Waals surface area contributed by atoms with Crippen molar-refractivity contribution >= 4 is 34.1 Å². The first-order chi connectivity index (χ1) is 16.5. The molecule has 0 heterocycles. The van der Waals surface area contributed by atoms with Gasteiger partial charge >= 0.3 is 0 Å². The van der Waals surface area contributed by atoms with Crippen LogP contribution in [0, 0.1) is 21.4 Å². The van der Waals surface area contributed by atoms with Crippen molar-refractivity contribution in [3.63, 3.8) is 0 Å². The monoisotopic (exact) mass is 449 g/mol. The Morgan fingerprint density at radius 2 is 1.68 bits per heavy atom. The summed E-state index contributed by atoms with van der Waals surface area (Å²) in [7, 11) is 0. The minimum absolute atomic E-state index is 0.0863. The number of nitro groups is 1. The SMILES string of the molecule is N#C/C(=C\c1ccc(OCc2cccc3ccccc23)cc1)C(=O)Nc1ccc([N+](=O)[O-])cc1. The number of amides is 1. The minimum Gasteiger partial charge on any atom is -0.489 e. The maximum atomic E-state index is 12.4. The molecule has 166 valence electrons. The molecule has 1 amide bonds. The molecule has 0 aliphatic carbocycles. The molecule has 34 heavy (non-hydrogen) atoms. The lowest BCUT2D eigenvalue weighted by Gasteiger charge is -2.09. The number of carbonyl (C=O) groups is 1. The van der Waals surface area contributed by atoms with E-state index in [0.29, 0.717) is 23.6 Å². The van der Waals surface area contributed by atoms with Crippen LogP contribution in [0.15, 0.2) is 96.6 Å². The van der Waals surface area contributed by atoms with E-state index >= 15 is 0 Å². The maximum absolute atomic E-state index is 12.4. The molecule has 0 fully saturated rings. The lowest BCUT2D eigenvalue weighted by molar-refractivity contribution is -0.384. The standard InChI is InChI=1S/C27H19N3O4/c28-17-22(27(31)29-23-10-12-24(13-11-23)30(32)33)16-19-8-14-25(15-9-19)34-18-21-6-3-5-20-4-1-2-7-26(20)21/h1-16H,18H2,(H,29,31)/b22-16+. The van der Waals surface area contributed by atoms with Gasteiger partial charge in [-0.2, -0.15) is 5.26 Å². The number of hydrogen-bond acceptors (Lipinski definition) is 5. The molecule has 0 saturated carbocycles. The van der Waals surface area contributed by atoms with E-state index < -0.39 is 10.8 Å². The summed E-state index contributed by atoms with van der Waals surface area (Å²) < 4.78 is 5.93. The summed E-state index contributed by atoms with van der Waals surface area (Å²) in [6, 6.07) is 28.6. The van der Waals surface area contributed by atoms with Crippen molar-refractivity contribution in [2.45, 2.75) is 6.61 Å². The minimum atomic E-state index is -0.604. The van der Waals surface area contributed by atoms with E-state index in [4.69, 9.17) is 4.74 Å². The molecule has 7 heteroatoms. The zero-order valence-corrected chi connectivity index (χ0v) is 18.0. The lowest BCUT2D eigenvalue weighted by Crippen LogP contribution is -2.13. The van der Waals surface area contributed by atoms with Gasteiger partial charge in [0, 0.05) is 17.8 Å². The molecule has 4 aromatic carbocycles. The number of carbonyl (C=O) groups excluding carboxylic acids is 1. The van der Waals surface area contributed by atoms with E-state index in [1.165, 1.54) is 30.3 Å². The van der Waals surface area contributed by atoms with E-state index in [2.05, 4.69) is 23.5 Å². The van der Waals surface area contributed by atoms with E-state index in [9.17, 15) is 20.2 Å². The van der Waals surface area contributed by atoms with Gasteiger partial charge in [0.1, 0.15) is 24.0 Å². The quantitative estimate of drug-likeness (QED) is 0.164. The number of non-ortho nitro benzene ring substituents is 1. The number of nitro benzene ring substituents is 1. The average molecular weight is 449 g/mol. The molecular weight excluding hydrogens is 430 g/mol. The summed E-state index contributed by atoms with van der Waals surface area (Å²) in [6.45, 7) is 0.414. The molecule has 0 aliphatic rings. The Morgan fingerprint density at radius 1 is 0.971 bits per heavy atom. The van der Waals surface area contributed by atoms with Crippen molar-refractivity contribution in [1.29, 1.82) is 5.26 Å². The van der Waals surface area contributed by atoms with Gasteiger partial charge in [-0.3, -0.25) is 14.9 Å². The van der Waals surface area contributed by atoms with Crippen LogP contribution in [-0.2, 0) is 11.4 Å². The van der Waals surface area contributed by atoms with Gasteiger partial charge in [0.15, 0.2) is 0 Å². The Balaban J connectivity index is 1.41. The summed E-state index contributed by atoms with van der Waals surface area (Å²) in [5, 5.41) is 25.0. The van der Waals surface area contributed by atoms with Crippen molar-refractivity contribution in [2.24, 2.45) is 0 Å². The number of anilines is 1. The van der Waals surface area contributed by atoms with Crippen LogP contribution in [0.4, 0.5) is 11.4 Å². The van der Waals surface area contributed by atoms with Crippen LogP contribution >= 0.6 is 0 Å². The molecule has 7 nitrogen and oxygen atoms in total. The summed E-state index contributed by atoms with van der Waals surface area (Å²) in [5.74, 6) is 0.0616. The average Bonchev–Trinajstić information content (AvgIpc) is 2.87. The Kier molecular flexibility index (Phi) is 6.61. The summed E-state index contributed by atoms with van der Waals surface area (Å²) in [6.07, 6.45) is 1.47. The molecule has 4 aromatic rings. The molecule has 0 aromatic heterocycles. The van der Waals surface area contributed by atoms with Crippen molar-refractivity contribution in [2.75, 3.05) is 5.32 Å². The van der Waals surface area contributed by atoms with Crippen LogP contribution in [0.25, 0.3) is 16.8 Å². The summed E-state index contributed by atoms with van der Waals surface area (Å²) in [5.41, 5.74) is 1.91. The van der Waals surface area contributed by atoms with E-state index in [-0.39, 0.29) is 11.3 Å². The van der Waals surface area contributed by atoms with E-state index in [0.717, 1.165) is 16.3 Å². The zero-order chi connectivity index (χ0) is 23.9. The molecule has 0 spiro atoms. The topological polar surface area (TPSA) is 105 Å². The fraction of sp³-hybridized carbons (Fsp3) is 0.0370. The second-order valence-corrected chi connectivity index (χ2v) is 7.42. The van der Waals surface area contributed by atoms with Crippen LogP contribution in [0.2, 0.25) is 0 Å². The molecule has 0 saturated heterocycles. The van der Waals surface area contributed by atoms with E-state index in [1.807, 2.05) is 30.3 Å². The van der Waals surface area contributed by atoms with Crippen molar-refractivity contribution in [3.8, 4) is 11.8 Å². The fourth-order valence-electron chi connectivity index (χ4n) is 3.42. The van der Waals surface area contributed by atoms with E-state index in [1.54, 1.807) is 24.3 Å². The second kappa shape index (κ2) is 10.1. The van der Waals surface area contributed by atoms with Gasteiger partial charge in [-0.1, -0.05) is 54.6 Å². The fourth-order valence-corrected chi connectivity index (χ4v) is 3.42. The third kappa shape index (κ3) is 5.26. The first kappa shape index (κ1) is 22.2. The molecule has 0 atom stereocenters. The smallest absolute Gasteiger partial charge is 0.269 e. The highest BCUT2D eigenvalue weighted by atomic mass is 16.6. The normalized spacial score (nSPS) is 11.0. The number of nitrogens with zero attached hydrogens (tertiary/aromatic N) is 2. The number of nitrogens with one attached hydrogen (secondary N) is 1. The molecule has 4 rings (SSSR count). The first-order valence-corrected chi connectivity index (χ1v) is 10.4. The number of nitriles is 1. The predicted molar refractivity (Wildman–Crippen MR) is 130 cm³/mol. The predicted octanol–water partition coefficient (Wildman–Crippen LogP) is 5.87. The molecule has 0 bridgehead atoms. The van der Waals surface area contributed by atoms with Crippen molar-refractivity contribution in [1.82, 2.24) is 0 Å². The summed E-state index contributed by atoms with van der Waals surface area (Å²) in [4.78, 5) is 22.7. The number of benzene rings is 4. The Hall–Kier alpha value is -4.96. The van der Waals surface area contributed by atoms with Gasteiger partial charge in [0.2, 0.25) is 0 Å². The largest absolute Gasteiger partial charge is 0.489 e. The van der Waals surface area contributed by atoms with Crippen LogP contribution in [0.3, 0.4) is 0 Å². The van der Waals surface area contributed by atoms with Gasteiger partial charge in [0.05, 0.1) is 4.92 Å². The number of hydrogen-bond donors (Lipinski definition) is 1. The summed E-state index contributed by atoms with van der Waals surface area (Å²) >= 11 is 0. The number of ether oxygens (including phenoxy) is 1. The number of fused-ring (bicyclic) bond motifs is 1. The number of rotatable bonds is 7. The second-order valence-electron chi connectivity index (χ2n) is 7.42. The van der Waals surface area contributed by atoms with Crippen LogP contribution in [0.5, 0.6) is 5.75 Å². The molecule has 0 unspecified atom stereocenters. The van der Waals surface area contributed by atoms with Gasteiger partial charge in [-0.05, 0) is 52.2 Å². The third-order valence-corrected chi connectivity index (χ3v) is 5.17. The Bertz CT molecular complexity index is 1410. The van der Waals surface area contributed by atoms with Crippen LogP contribution in [-0.4, -0.2) is 10.8 Å². The Labute approximate surface area is 195 Å². The lowest BCUT2D eigenvalue weighted by atomic mass is 10.1. The van der Waals surface area contributed by atoms with Crippen molar-refractivity contribution in [3.05, 3.63) is 118 Å². The highest BCUT2D eigenvalue weighted by molar-refractivity contribution is 6.09. The molecule has 1 N–H and O–H groups in total. The van der Waals surface area contributed by atoms with Gasteiger partial charge in [0.25, 0.3) is 11.6 Å². The van der Waals surface area contributed by atoms with Crippen LogP contribution < -0.4 is 10.1 Å².